The number of carbonyl (C=O) groups is 1. The van der Waals surface area contributed by atoms with Gasteiger partial charge in [-0.2, -0.15) is 0 Å². The molecule has 1 saturated heterocycles. The van der Waals surface area contributed by atoms with Gasteiger partial charge in [0.25, 0.3) is 5.91 Å². The highest BCUT2D eigenvalue weighted by atomic mass is 35.5. The van der Waals surface area contributed by atoms with Crippen LogP contribution in [0.5, 0.6) is 0 Å². The van der Waals surface area contributed by atoms with Gasteiger partial charge in [-0.25, -0.2) is 0 Å². The minimum atomic E-state index is 0. The van der Waals surface area contributed by atoms with E-state index in [1.165, 1.54) is 6.42 Å². The van der Waals surface area contributed by atoms with E-state index < -0.39 is 0 Å². The molecule has 0 aliphatic carbocycles. The molecule has 0 bridgehead atoms. The highest BCUT2D eigenvalue weighted by Gasteiger charge is 2.24. The van der Waals surface area contributed by atoms with Gasteiger partial charge in [-0.15, -0.1) is 12.4 Å². The first kappa shape index (κ1) is 15.3. The number of nitrogens with zero attached hydrogens (tertiary/aromatic N) is 1. The molecule has 1 aliphatic heterocycles. The zero-order valence-electron chi connectivity index (χ0n) is 10.4. The van der Waals surface area contributed by atoms with Gasteiger partial charge in [0.15, 0.2) is 0 Å². The Morgan fingerprint density at radius 2 is 2.44 bits per heavy atom. The van der Waals surface area contributed by atoms with Crippen LogP contribution in [0.15, 0.2) is 12.3 Å². The Kier molecular flexibility index (Phi) is 5.99. The normalized spacial score (nSPS) is 19.4. The van der Waals surface area contributed by atoms with Crippen LogP contribution in [0.4, 0.5) is 0 Å². The smallest absolute Gasteiger partial charge is 0.270 e. The zero-order chi connectivity index (χ0) is 12.3. The largest absolute Gasteiger partial charge is 0.356 e. The number of nitrogens with one attached hydrogen (secondary N) is 2. The predicted octanol–water partition coefficient (Wildman–Crippen LogP) is 2.16. The van der Waals surface area contributed by atoms with E-state index in [9.17, 15) is 4.79 Å². The Hall–Kier alpha value is -0.710. The van der Waals surface area contributed by atoms with Gasteiger partial charge in [-0.1, -0.05) is 11.6 Å². The van der Waals surface area contributed by atoms with Crippen molar-refractivity contribution in [3.05, 3.63) is 23.0 Å². The Labute approximate surface area is 118 Å². The van der Waals surface area contributed by atoms with E-state index >= 15 is 0 Å². The molecule has 0 radical (unpaired) electrons. The summed E-state index contributed by atoms with van der Waals surface area (Å²) in [6, 6.07) is 1.69. The number of hydrogen-bond donors (Lipinski definition) is 2. The zero-order valence-corrected chi connectivity index (χ0v) is 12.0. The molecule has 102 valence electrons. The number of piperidine rings is 1. The average Bonchev–Trinajstić information content (AvgIpc) is 2.76. The summed E-state index contributed by atoms with van der Waals surface area (Å²) in [7, 11) is 1.95. The van der Waals surface area contributed by atoms with Gasteiger partial charge in [0.1, 0.15) is 5.69 Å². The van der Waals surface area contributed by atoms with Crippen LogP contribution < -0.4 is 5.32 Å². The predicted molar refractivity (Wildman–Crippen MR) is 75.6 cm³/mol. The molecular weight excluding hydrogens is 273 g/mol. The molecule has 18 heavy (non-hydrogen) atoms. The lowest BCUT2D eigenvalue weighted by Gasteiger charge is -2.32. The average molecular weight is 292 g/mol. The Balaban J connectivity index is 0.00000162. The topological polar surface area (TPSA) is 48.1 Å². The number of rotatable bonds is 3. The molecule has 4 nitrogen and oxygen atoms in total. The van der Waals surface area contributed by atoms with E-state index in [1.54, 1.807) is 12.3 Å². The minimum absolute atomic E-state index is 0. The minimum Gasteiger partial charge on any atom is -0.356 e. The van der Waals surface area contributed by atoms with Gasteiger partial charge in [0, 0.05) is 19.3 Å². The van der Waals surface area contributed by atoms with Crippen molar-refractivity contribution in [3.8, 4) is 0 Å². The maximum atomic E-state index is 12.2. The molecule has 1 amide bonds. The van der Waals surface area contributed by atoms with Crippen LogP contribution >= 0.6 is 24.0 Å². The Morgan fingerprint density at radius 3 is 3.06 bits per heavy atom. The maximum Gasteiger partial charge on any atom is 0.270 e. The van der Waals surface area contributed by atoms with Gasteiger partial charge < -0.3 is 15.2 Å². The standard InChI is InChI=1S/C12H18ClN3O.ClH/c1-14-6-9-3-2-4-16(8-9)12(17)11-5-10(13)7-15-11;/h5,7,9,14-15H,2-4,6,8H2,1H3;1H. The van der Waals surface area contributed by atoms with Crippen molar-refractivity contribution in [1.82, 2.24) is 15.2 Å². The van der Waals surface area contributed by atoms with E-state index in [1.807, 2.05) is 11.9 Å². The van der Waals surface area contributed by atoms with Crippen LogP contribution in [-0.4, -0.2) is 42.5 Å². The maximum absolute atomic E-state index is 12.2. The lowest BCUT2D eigenvalue weighted by atomic mass is 9.98. The van der Waals surface area contributed by atoms with Crippen LogP contribution in [0, 0.1) is 5.92 Å². The number of likely N-dealkylation sites (tertiary alicyclic amines) is 1. The van der Waals surface area contributed by atoms with E-state index in [-0.39, 0.29) is 18.3 Å². The highest BCUT2D eigenvalue weighted by molar-refractivity contribution is 6.30. The number of halogens is 2. The van der Waals surface area contributed by atoms with Crippen molar-refractivity contribution in [3.63, 3.8) is 0 Å². The molecule has 1 atom stereocenters. The fourth-order valence-electron chi connectivity index (χ4n) is 2.37. The third-order valence-corrected chi connectivity index (χ3v) is 3.40. The lowest BCUT2D eigenvalue weighted by Crippen LogP contribution is -2.42. The first-order chi connectivity index (χ1) is 8.20. The second-order valence-corrected chi connectivity index (χ2v) is 4.99. The third kappa shape index (κ3) is 3.64. The summed E-state index contributed by atoms with van der Waals surface area (Å²) in [6.45, 7) is 2.64. The molecular formula is C12H19Cl2N3O. The molecule has 6 heteroatoms. The second-order valence-electron chi connectivity index (χ2n) is 4.55. The van der Waals surface area contributed by atoms with Crippen LogP contribution in [-0.2, 0) is 0 Å². The number of H-pyrrole nitrogens is 1. The summed E-state index contributed by atoms with van der Waals surface area (Å²) in [5.74, 6) is 0.612. The van der Waals surface area contributed by atoms with Gasteiger partial charge >= 0.3 is 0 Å². The number of amides is 1. The Bertz CT molecular complexity index is 392. The van der Waals surface area contributed by atoms with Crippen molar-refractivity contribution in [2.24, 2.45) is 5.92 Å². The van der Waals surface area contributed by atoms with Crippen LogP contribution in [0.25, 0.3) is 0 Å². The number of aromatic amines is 1. The first-order valence-corrected chi connectivity index (χ1v) is 6.36. The van der Waals surface area contributed by atoms with E-state index in [0.717, 1.165) is 26.1 Å². The molecule has 2 rings (SSSR count). The summed E-state index contributed by atoms with van der Waals surface area (Å²) >= 11 is 5.81. The fourth-order valence-corrected chi connectivity index (χ4v) is 2.53. The molecule has 1 aromatic rings. The second kappa shape index (κ2) is 7.02. The first-order valence-electron chi connectivity index (χ1n) is 5.98. The lowest BCUT2D eigenvalue weighted by molar-refractivity contribution is 0.0669. The highest BCUT2D eigenvalue weighted by Crippen LogP contribution is 2.19. The summed E-state index contributed by atoms with van der Waals surface area (Å²) < 4.78 is 0. The fraction of sp³-hybridized carbons (Fsp3) is 0.583. The molecule has 1 aromatic heterocycles. The molecule has 2 heterocycles. The van der Waals surface area contributed by atoms with Crippen molar-refractivity contribution in [1.29, 1.82) is 0 Å². The molecule has 0 aromatic carbocycles. The van der Waals surface area contributed by atoms with Crippen molar-refractivity contribution in [2.75, 3.05) is 26.7 Å². The van der Waals surface area contributed by atoms with Crippen LogP contribution in [0.2, 0.25) is 5.02 Å². The third-order valence-electron chi connectivity index (χ3n) is 3.18. The van der Waals surface area contributed by atoms with Crippen molar-refractivity contribution in [2.45, 2.75) is 12.8 Å². The van der Waals surface area contributed by atoms with Gasteiger partial charge in [0.2, 0.25) is 0 Å². The van der Waals surface area contributed by atoms with E-state index in [4.69, 9.17) is 11.6 Å². The van der Waals surface area contributed by atoms with Crippen molar-refractivity contribution >= 4 is 29.9 Å². The molecule has 1 fully saturated rings. The quantitative estimate of drug-likeness (QED) is 0.897. The summed E-state index contributed by atoms with van der Waals surface area (Å²) in [5.41, 5.74) is 0.583. The summed E-state index contributed by atoms with van der Waals surface area (Å²) in [4.78, 5) is 17.0. The number of hydrogen-bond acceptors (Lipinski definition) is 2. The molecule has 0 spiro atoms. The number of aromatic nitrogens is 1. The SMILES string of the molecule is CNCC1CCCN(C(=O)c2cc(Cl)c[nH]2)C1.Cl. The summed E-state index contributed by atoms with van der Waals surface area (Å²) in [5, 5.41) is 3.75. The molecule has 1 unspecified atom stereocenters. The monoisotopic (exact) mass is 291 g/mol. The van der Waals surface area contributed by atoms with Crippen LogP contribution in [0.1, 0.15) is 23.3 Å². The van der Waals surface area contributed by atoms with Crippen molar-refractivity contribution < 1.29 is 4.79 Å². The van der Waals surface area contributed by atoms with Crippen LogP contribution in [0.3, 0.4) is 0 Å². The van der Waals surface area contributed by atoms with E-state index in [0.29, 0.717) is 16.6 Å². The Morgan fingerprint density at radius 1 is 1.67 bits per heavy atom. The van der Waals surface area contributed by atoms with Gasteiger partial charge in [0.05, 0.1) is 5.02 Å². The van der Waals surface area contributed by atoms with Gasteiger partial charge in [-0.3, -0.25) is 4.79 Å². The summed E-state index contributed by atoms with van der Waals surface area (Å²) in [6.07, 6.45) is 3.91. The molecule has 1 aliphatic rings. The van der Waals surface area contributed by atoms with Gasteiger partial charge in [-0.05, 0) is 38.4 Å². The molecule has 2 N–H and O–H groups in total. The number of carbonyl (C=O) groups excluding carboxylic acids is 1. The van der Waals surface area contributed by atoms with E-state index in [2.05, 4.69) is 10.3 Å². The molecule has 0 saturated carbocycles.